The SMILES string of the molecule is COc1ccc(/C=C2\SC(=S)N(CCCCCC(=O)Nc3ncc(Cc4ccc(C)cc4)s3)C2=O)cc1. The van der Waals surface area contributed by atoms with Gasteiger partial charge in [0.05, 0.1) is 12.0 Å². The van der Waals surface area contributed by atoms with Gasteiger partial charge in [-0.3, -0.25) is 14.5 Å². The Bertz CT molecular complexity index is 1280. The van der Waals surface area contributed by atoms with Gasteiger partial charge in [0.15, 0.2) is 5.13 Å². The summed E-state index contributed by atoms with van der Waals surface area (Å²) in [6, 6.07) is 16.0. The van der Waals surface area contributed by atoms with E-state index in [0.717, 1.165) is 41.9 Å². The average Bonchev–Trinajstić information content (AvgIpc) is 3.43. The zero-order chi connectivity index (χ0) is 26.2. The van der Waals surface area contributed by atoms with Crippen molar-refractivity contribution >= 4 is 62.7 Å². The minimum atomic E-state index is -0.0613. The molecule has 1 saturated heterocycles. The number of aromatic nitrogens is 1. The fourth-order valence-electron chi connectivity index (χ4n) is 3.81. The number of nitrogens with one attached hydrogen (secondary N) is 1. The van der Waals surface area contributed by atoms with E-state index < -0.39 is 0 Å². The first-order valence-corrected chi connectivity index (χ1v) is 14.1. The Morgan fingerprint density at radius 2 is 1.86 bits per heavy atom. The zero-order valence-corrected chi connectivity index (χ0v) is 23.3. The van der Waals surface area contributed by atoms with Crippen molar-refractivity contribution in [3.05, 3.63) is 81.2 Å². The molecular formula is C28H29N3O3S3. The van der Waals surface area contributed by atoms with E-state index in [-0.39, 0.29) is 11.8 Å². The molecule has 1 N–H and O–H groups in total. The topological polar surface area (TPSA) is 71.5 Å². The molecule has 0 aliphatic carbocycles. The van der Waals surface area contributed by atoms with Crippen LogP contribution in [0.1, 0.15) is 47.3 Å². The van der Waals surface area contributed by atoms with E-state index in [2.05, 4.69) is 41.5 Å². The highest BCUT2D eigenvalue weighted by atomic mass is 32.2. The molecule has 3 aromatic rings. The van der Waals surface area contributed by atoms with Gasteiger partial charge in [-0.25, -0.2) is 4.98 Å². The van der Waals surface area contributed by atoms with Gasteiger partial charge in [0, 0.05) is 30.5 Å². The van der Waals surface area contributed by atoms with Crippen LogP contribution in [-0.2, 0) is 16.0 Å². The van der Waals surface area contributed by atoms with Crippen LogP contribution < -0.4 is 10.1 Å². The summed E-state index contributed by atoms with van der Waals surface area (Å²) in [6.07, 6.45) is 7.26. The largest absolute Gasteiger partial charge is 0.497 e. The van der Waals surface area contributed by atoms with Gasteiger partial charge in [-0.2, -0.15) is 0 Å². The van der Waals surface area contributed by atoms with E-state index in [0.29, 0.717) is 27.3 Å². The molecule has 2 heterocycles. The molecule has 0 atom stereocenters. The normalized spacial score (nSPS) is 14.4. The Balaban J connectivity index is 1.16. The molecule has 0 saturated carbocycles. The molecule has 0 radical (unpaired) electrons. The molecule has 1 aromatic heterocycles. The minimum Gasteiger partial charge on any atom is -0.497 e. The second-order valence-corrected chi connectivity index (χ2v) is 11.6. The van der Waals surface area contributed by atoms with E-state index in [9.17, 15) is 9.59 Å². The fraction of sp³-hybridized carbons (Fsp3) is 0.286. The van der Waals surface area contributed by atoms with Crippen LogP contribution in [0.25, 0.3) is 6.08 Å². The van der Waals surface area contributed by atoms with Crippen molar-refractivity contribution in [2.45, 2.75) is 39.0 Å². The third-order valence-electron chi connectivity index (χ3n) is 5.87. The lowest BCUT2D eigenvalue weighted by Gasteiger charge is -2.14. The Morgan fingerprint density at radius 1 is 1.11 bits per heavy atom. The van der Waals surface area contributed by atoms with E-state index in [4.69, 9.17) is 17.0 Å². The number of methoxy groups -OCH3 is 1. The predicted molar refractivity (Wildman–Crippen MR) is 156 cm³/mol. The van der Waals surface area contributed by atoms with E-state index in [1.54, 1.807) is 12.0 Å². The van der Waals surface area contributed by atoms with E-state index in [1.807, 2.05) is 36.5 Å². The van der Waals surface area contributed by atoms with Crippen molar-refractivity contribution in [3.8, 4) is 5.75 Å². The first-order chi connectivity index (χ1) is 17.9. The van der Waals surface area contributed by atoms with Crippen LogP contribution in [0.4, 0.5) is 5.13 Å². The lowest BCUT2D eigenvalue weighted by Crippen LogP contribution is -2.29. The molecular weight excluding hydrogens is 523 g/mol. The van der Waals surface area contributed by atoms with Gasteiger partial charge < -0.3 is 10.1 Å². The van der Waals surface area contributed by atoms with Gasteiger partial charge in [0.2, 0.25) is 5.91 Å². The Kier molecular flexibility index (Phi) is 9.49. The van der Waals surface area contributed by atoms with Crippen molar-refractivity contribution in [2.75, 3.05) is 19.0 Å². The van der Waals surface area contributed by atoms with Gasteiger partial charge in [0.1, 0.15) is 10.1 Å². The molecule has 4 rings (SSSR count). The molecule has 9 heteroatoms. The van der Waals surface area contributed by atoms with Crippen molar-refractivity contribution in [1.82, 2.24) is 9.88 Å². The number of thioether (sulfide) groups is 1. The maximum Gasteiger partial charge on any atom is 0.266 e. The van der Waals surface area contributed by atoms with Crippen molar-refractivity contribution in [2.24, 2.45) is 0 Å². The second kappa shape index (κ2) is 13.0. The van der Waals surface area contributed by atoms with Crippen LogP contribution in [0.15, 0.2) is 59.6 Å². The third kappa shape index (κ3) is 7.74. The third-order valence-corrected chi connectivity index (χ3v) is 8.16. The summed E-state index contributed by atoms with van der Waals surface area (Å²) in [5.41, 5.74) is 3.39. The number of unbranched alkanes of at least 4 members (excludes halogenated alkanes) is 2. The van der Waals surface area contributed by atoms with Crippen molar-refractivity contribution in [3.63, 3.8) is 0 Å². The van der Waals surface area contributed by atoms with Crippen LogP contribution in [0.5, 0.6) is 5.75 Å². The van der Waals surface area contributed by atoms with Gasteiger partial charge in [0.25, 0.3) is 5.91 Å². The number of anilines is 1. The number of thiazole rings is 1. The number of rotatable bonds is 11. The predicted octanol–water partition coefficient (Wildman–Crippen LogP) is 6.45. The van der Waals surface area contributed by atoms with Crippen LogP contribution in [0.3, 0.4) is 0 Å². The molecule has 0 unspecified atom stereocenters. The van der Waals surface area contributed by atoms with E-state index >= 15 is 0 Å². The van der Waals surface area contributed by atoms with Gasteiger partial charge in [-0.1, -0.05) is 72.4 Å². The number of aryl methyl sites for hydroxylation is 1. The molecule has 1 fully saturated rings. The highest BCUT2D eigenvalue weighted by Crippen LogP contribution is 2.33. The number of nitrogens with zero attached hydrogens (tertiary/aromatic N) is 2. The van der Waals surface area contributed by atoms with Crippen molar-refractivity contribution in [1.29, 1.82) is 0 Å². The first kappa shape index (κ1) is 27.0. The van der Waals surface area contributed by atoms with Gasteiger partial charge in [-0.05, 0) is 49.1 Å². The summed E-state index contributed by atoms with van der Waals surface area (Å²) in [5.74, 6) is 0.672. The molecule has 37 heavy (non-hydrogen) atoms. The molecule has 6 nitrogen and oxygen atoms in total. The monoisotopic (exact) mass is 551 g/mol. The average molecular weight is 552 g/mol. The zero-order valence-electron chi connectivity index (χ0n) is 20.9. The molecule has 0 bridgehead atoms. The lowest BCUT2D eigenvalue weighted by molar-refractivity contribution is -0.122. The Morgan fingerprint density at radius 3 is 2.59 bits per heavy atom. The van der Waals surface area contributed by atoms with Crippen molar-refractivity contribution < 1.29 is 14.3 Å². The molecule has 192 valence electrons. The molecule has 1 aliphatic heterocycles. The summed E-state index contributed by atoms with van der Waals surface area (Å²) in [5, 5.41) is 3.54. The number of hydrogen-bond donors (Lipinski definition) is 1. The number of hydrogen-bond acceptors (Lipinski definition) is 7. The van der Waals surface area contributed by atoms with Gasteiger partial charge in [-0.15, -0.1) is 11.3 Å². The smallest absolute Gasteiger partial charge is 0.266 e. The summed E-state index contributed by atoms with van der Waals surface area (Å²) in [6.45, 7) is 2.63. The summed E-state index contributed by atoms with van der Waals surface area (Å²) >= 11 is 8.26. The number of carbonyl (C=O) groups is 2. The van der Waals surface area contributed by atoms with Crippen LogP contribution in [0, 0.1) is 6.92 Å². The van der Waals surface area contributed by atoms with E-state index in [1.165, 1.54) is 34.2 Å². The van der Waals surface area contributed by atoms with Crippen LogP contribution in [-0.4, -0.2) is 39.7 Å². The summed E-state index contributed by atoms with van der Waals surface area (Å²) in [7, 11) is 1.62. The highest BCUT2D eigenvalue weighted by Gasteiger charge is 2.31. The minimum absolute atomic E-state index is 0.0377. The Hall–Kier alpha value is -3.01. The molecule has 2 aromatic carbocycles. The molecule has 0 spiro atoms. The number of carbonyl (C=O) groups excluding carboxylic acids is 2. The summed E-state index contributed by atoms with van der Waals surface area (Å²) < 4.78 is 5.75. The molecule has 2 amide bonds. The number of benzene rings is 2. The quantitative estimate of drug-likeness (QED) is 0.168. The Labute approximate surface area is 231 Å². The number of thiocarbonyl (C=S) groups is 1. The lowest BCUT2D eigenvalue weighted by atomic mass is 10.1. The maximum absolute atomic E-state index is 12.8. The molecule has 1 aliphatic rings. The second-order valence-electron chi connectivity index (χ2n) is 8.76. The first-order valence-electron chi connectivity index (χ1n) is 12.1. The fourth-order valence-corrected chi connectivity index (χ4v) is 5.98. The number of amides is 2. The van der Waals surface area contributed by atoms with Crippen LogP contribution in [0.2, 0.25) is 0 Å². The van der Waals surface area contributed by atoms with Crippen LogP contribution >= 0.6 is 35.3 Å². The highest BCUT2D eigenvalue weighted by molar-refractivity contribution is 8.26. The standard InChI is InChI=1S/C28H29N3O3S3/c1-19-7-9-20(10-8-19)16-23-18-29-27(36-23)30-25(32)6-4-3-5-15-31-26(33)24(37-28(31)35)17-21-11-13-22(34-2)14-12-21/h7-14,17-18H,3-6,15-16H2,1-2H3,(H,29,30,32)/b24-17-. The number of ether oxygens (including phenoxy) is 1. The maximum atomic E-state index is 12.8. The van der Waals surface area contributed by atoms with Gasteiger partial charge >= 0.3 is 0 Å². The summed E-state index contributed by atoms with van der Waals surface area (Å²) in [4.78, 5) is 32.9.